The van der Waals surface area contributed by atoms with E-state index < -0.39 is 45.0 Å². The Balaban J connectivity index is 0.00000208. The number of carbonyl (C=O) groups is 1. The van der Waals surface area contributed by atoms with Crippen LogP contribution in [0.1, 0.15) is 23.6 Å². The Kier molecular flexibility index (Phi) is 5.74. The summed E-state index contributed by atoms with van der Waals surface area (Å²) in [6.07, 6.45) is 1.33. The quantitative estimate of drug-likeness (QED) is 0.507. The van der Waals surface area contributed by atoms with Crippen LogP contribution in [0.4, 0.5) is 8.78 Å². The van der Waals surface area contributed by atoms with Crippen molar-refractivity contribution in [3.8, 4) is 0 Å². The van der Waals surface area contributed by atoms with Gasteiger partial charge in [-0.25, -0.2) is 13.6 Å². The molecular formula is C13H13F2KN2O5S. The van der Waals surface area contributed by atoms with Gasteiger partial charge in [-0.15, -0.1) is 0 Å². The molecule has 1 aliphatic carbocycles. The predicted molar refractivity (Wildman–Crippen MR) is 80.6 cm³/mol. The Morgan fingerprint density at radius 1 is 1.33 bits per heavy atom. The van der Waals surface area contributed by atoms with Crippen LogP contribution in [0.25, 0.3) is 0 Å². The average Bonchev–Trinajstić information content (AvgIpc) is 3.00. The fourth-order valence-corrected chi connectivity index (χ4v) is 3.86. The van der Waals surface area contributed by atoms with Gasteiger partial charge in [0.1, 0.15) is 17.3 Å². The summed E-state index contributed by atoms with van der Waals surface area (Å²) in [4.78, 5) is 12.2. The normalized spacial score (nSPS) is 22.5. The van der Waals surface area contributed by atoms with Crippen LogP contribution < -0.4 is 5.32 Å². The summed E-state index contributed by atoms with van der Waals surface area (Å²) in [5.74, 6) is -3.03. The number of rotatable bonds is 3. The maximum atomic E-state index is 13.8. The molecule has 1 heterocycles. The van der Waals surface area contributed by atoms with Crippen LogP contribution in [0.5, 0.6) is 0 Å². The summed E-state index contributed by atoms with van der Waals surface area (Å²) in [5.41, 5.74) is -1.75. The van der Waals surface area contributed by atoms with Crippen molar-refractivity contribution in [3.63, 3.8) is 0 Å². The average molecular weight is 386 g/mol. The second-order valence-electron chi connectivity index (χ2n) is 5.29. The Labute approximate surface area is 178 Å². The van der Waals surface area contributed by atoms with Crippen molar-refractivity contribution in [2.45, 2.75) is 24.4 Å². The molecule has 2 atom stereocenters. The number of nitrogens with zero attached hydrogens (tertiary/aromatic N) is 1. The molecule has 0 aromatic heterocycles. The fourth-order valence-electron chi connectivity index (χ4n) is 3.07. The molecule has 1 aliphatic heterocycles. The molecule has 0 fully saturated rings. The first kappa shape index (κ1) is 19.8. The van der Waals surface area contributed by atoms with Crippen LogP contribution >= 0.6 is 0 Å². The van der Waals surface area contributed by atoms with E-state index in [1.807, 2.05) is 0 Å². The van der Waals surface area contributed by atoms with E-state index in [0.29, 0.717) is 0 Å². The number of aliphatic carboxylic acids is 1. The van der Waals surface area contributed by atoms with Gasteiger partial charge in [-0.05, 0) is 30.0 Å². The Morgan fingerprint density at radius 2 is 2.00 bits per heavy atom. The van der Waals surface area contributed by atoms with Gasteiger partial charge >= 0.3 is 67.5 Å². The molecule has 7 nitrogen and oxygen atoms in total. The molecule has 3 rings (SSSR count). The SMILES string of the molecule is O=C(O)C1=CNC(S(=O)(=O)O)N1C1CCc2c(F)cc(F)cc21.[KH]. The van der Waals surface area contributed by atoms with Gasteiger partial charge in [0, 0.05) is 12.3 Å². The molecule has 3 N–H and O–H groups in total. The Hall–Kier alpha value is -0.564. The monoisotopic (exact) mass is 386 g/mol. The number of nitrogens with one attached hydrogen (secondary N) is 1. The van der Waals surface area contributed by atoms with Gasteiger partial charge in [-0.3, -0.25) is 4.55 Å². The first-order chi connectivity index (χ1) is 10.7. The molecule has 0 saturated heterocycles. The molecule has 0 spiro atoms. The van der Waals surface area contributed by atoms with Gasteiger partial charge in [0.2, 0.25) is 5.50 Å². The summed E-state index contributed by atoms with van der Waals surface area (Å²) >= 11 is 0. The van der Waals surface area contributed by atoms with Crippen LogP contribution in [-0.2, 0) is 21.3 Å². The van der Waals surface area contributed by atoms with Gasteiger partial charge in [-0.1, -0.05) is 0 Å². The third kappa shape index (κ3) is 3.38. The molecular weight excluding hydrogens is 373 g/mol. The summed E-state index contributed by atoms with van der Waals surface area (Å²) < 4.78 is 59.6. The standard InChI is InChI=1S/C13H12F2N2O5S.K.H/c14-6-3-8-7(9(15)4-6)1-2-10(8)17-11(12(18)19)5-16-13(17)23(20,21)22;;/h3-5,10,13,16H,1-2H2,(H,18,19)(H,20,21,22);;. The van der Waals surface area contributed by atoms with E-state index in [1.165, 1.54) is 0 Å². The van der Waals surface area contributed by atoms with E-state index in [4.69, 9.17) is 0 Å². The number of halogens is 2. The van der Waals surface area contributed by atoms with Crippen LogP contribution in [0, 0.1) is 11.6 Å². The zero-order valence-electron chi connectivity index (χ0n) is 11.5. The molecule has 0 bridgehead atoms. The second-order valence-corrected chi connectivity index (χ2v) is 6.76. The van der Waals surface area contributed by atoms with Crippen LogP contribution in [-0.4, -0.2) is 85.8 Å². The van der Waals surface area contributed by atoms with Crippen molar-refractivity contribution in [1.82, 2.24) is 10.2 Å². The fraction of sp³-hybridized carbons (Fsp3) is 0.308. The molecule has 126 valence electrons. The van der Waals surface area contributed by atoms with E-state index in [1.54, 1.807) is 0 Å². The molecule has 0 amide bonds. The number of hydrogen-bond donors (Lipinski definition) is 3. The first-order valence-electron chi connectivity index (χ1n) is 6.62. The van der Waals surface area contributed by atoms with E-state index in [0.717, 1.165) is 23.2 Å². The molecule has 1 aromatic rings. The maximum absolute atomic E-state index is 13.8. The number of fused-ring (bicyclic) bond motifs is 1. The summed E-state index contributed by atoms with van der Waals surface area (Å²) in [5, 5.41) is 11.5. The minimum atomic E-state index is -4.67. The number of hydrogen-bond acceptors (Lipinski definition) is 5. The van der Waals surface area contributed by atoms with E-state index in [-0.39, 0.29) is 75.4 Å². The van der Waals surface area contributed by atoms with E-state index in [2.05, 4.69) is 5.32 Å². The third-order valence-corrected chi connectivity index (χ3v) is 4.88. The second kappa shape index (κ2) is 6.98. The van der Waals surface area contributed by atoms with Crippen molar-refractivity contribution in [3.05, 3.63) is 46.8 Å². The molecule has 2 aliphatic rings. The Morgan fingerprint density at radius 3 is 2.58 bits per heavy atom. The van der Waals surface area contributed by atoms with Crippen LogP contribution in [0.15, 0.2) is 24.0 Å². The molecule has 24 heavy (non-hydrogen) atoms. The van der Waals surface area contributed by atoms with E-state index in [9.17, 15) is 31.7 Å². The van der Waals surface area contributed by atoms with Gasteiger partial charge < -0.3 is 15.3 Å². The number of carboxylic acids is 1. The van der Waals surface area contributed by atoms with Crippen molar-refractivity contribution in [2.75, 3.05) is 0 Å². The molecule has 0 saturated carbocycles. The molecule has 0 radical (unpaired) electrons. The molecule has 11 heteroatoms. The zero-order valence-corrected chi connectivity index (χ0v) is 12.3. The number of benzene rings is 1. The predicted octanol–water partition coefficient (Wildman–Crippen LogP) is 0.306. The molecule has 1 aromatic carbocycles. The zero-order chi connectivity index (χ0) is 16.9. The van der Waals surface area contributed by atoms with Gasteiger partial charge in [0.05, 0.1) is 6.04 Å². The van der Waals surface area contributed by atoms with Crippen molar-refractivity contribution >= 4 is 67.5 Å². The van der Waals surface area contributed by atoms with Crippen LogP contribution in [0.2, 0.25) is 0 Å². The van der Waals surface area contributed by atoms with Gasteiger partial charge in [0.15, 0.2) is 0 Å². The van der Waals surface area contributed by atoms with Crippen molar-refractivity contribution in [1.29, 1.82) is 0 Å². The van der Waals surface area contributed by atoms with Gasteiger partial charge in [0.25, 0.3) is 0 Å². The molecule has 2 unspecified atom stereocenters. The van der Waals surface area contributed by atoms with Crippen molar-refractivity contribution < 1.29 is 31.7 Å². The minimum absolute atomic E-state index is 0. The Bertz CT molecular complexity index is 830. The first-order valence-corrected chi connectivity index (χ1v) is 8.12. The van der Waals surface area contributed by atoms with Crippen LogP contribution in [0.3, 0.4) is 0 Å². The summed E-state index contributed by atoms with van der Waals surface area (Å²) in [6.45, 7) is 0. The van der Waals surface area contributed by atoms with Crippen molar-refractivity contribution in [2.24, 2.45) is 0 Å². The summed E-state index contributed by atoms with van der Waals surface area (Å²) in [7, 11) is -4.67. The number of carboxylic acid groups (broad SMARTS) is 1. The topological polar surface area (TPSA) is 107 Å². The van der Waals surface area contributed by atoms with Gasteiger partial charge in [-0.2, -0.15) is 8.42 Å². The third-order valence-electron chi connectivity index (χ3n) is 3.95. The van der Waals surface area contributed by atoms with E-state index >= 15 is 0 Å². The summed E-state index contributed by atoms with van der Waals surface area (Å²) in [6, 6.07) is 0.881.